The van der Waals surface area contributed by atoms with Gasteiger partial charge in [0.1, 0.15) is 5.82 Å². The Labute approximate surface area is 182 Å². The molecule has 2 aromatic carbocycles. The maximum absolute atomic E-state index is 12.7. The van der Waals surface area contributed by atoms with E-state index in [4.69, 9.17) is 11.3 Å². The summed E-state index contributed by atoms with van der Waals surface area (Å²) in [7, 11) is 0. The van der Waals surface area contributed by atoms with Gasteiger partial charge >= 0.3 is 0 Å². The van der Waals surface area contributed by atoms with Gasteiger partial charge in [0.05, 0.1) is 0 Å². The average Bonchev–Trinajstić information content (AvgIpc) is 2.75. The summed E-state index contributed by atoms with van der Waals surface area (Å²) in [6.07, 6.45) is 1.64. The van der Waals surface area contributed by atoms with Gasteiger partial charge in [-0.05, 0) is 51.8 Å². The number of benzene rings is 2. The van der Waals surface area contributed by atoms with Crippen molar-refractivity contribution in [1.29, 1.82) is 5.41 Å². The quantitative estimate of drug-likeness (QED) is 0.214. The highest BCUT2D eigenvalue weighted by atomic mass is 79.9. The van der Waals surface area contributed by atoms with E-state index in [1.165, 1.54) is 0 Å². The molecule has 0 radical (unpaired) electrons. The largest absolute Gasteiger partial charge is 0.391 e. The van der Waals surface area contributed by atoms with E-state index in [1.807, 2.05) is 0 Å². The molecule has 1 heterocycles. The van der Waals surface area contributed by atoms with Gasteiger partial charge in [-0.2, -0.15) is 5.90 Å². The van der Waals surface area contributed by atoms with Crippen LogP contribution in [-0.4, -0.2) is 22.6 Å². The summed E-state index contributed by atoms with van der Waals surface area (Å²) in [4.78, 5) is 33.8. The SMILES string of the molecule is C.N=C(ON)c1ccc(C(=O)Cc2ccccc2C(=O)Nc2ccc(Br)cn2)cc1. The zero-order valence-electron chi connectivity index (χ0n) is 15.2. The molecule has 0 saturated heterocycles. The van der Waals surface area contributed by atoms with Crippen LogP contribution in [0.5, 0.6) is 0 Å². The van der Waals surface area contributed by atoms with E-state index in [0.717, 1.165) is 4.47 Å². The molecule has 0 bridgehead atoms. The van der Waals surface area contributed by atoms with Crippen LogP contribution in [0, 0.1) is 5.41 Å². The second-order valence-corrected chi connectivity index (χ2v) is 7.01. The van der Waals surface area contributed by atoms with Crippen molar-refractivity contribution in [3.8, 4) is 0 Å². The maximum atomic E-state index is 12.7. The standard InChI is InChI=1S/C21H17BrN4O3.CH4/c22-16-9-10-19(25-12-16)26-21(28)17-4-2-1-3-15(17)11-18(27)13-5-7-14(8-6-13)20(23)29-24;/h1-10,12,23H,11,24H2,(H,25,26,28);1H4. The highest BCUT2D eigenvalue weighted by Crippen LogP contribution is 2.16. The molecule has 1 aromatic heterocycles. The van der Waals surface area contributed by atoms with Gasteiger partial charge < -0.3 is 10.2 Å². The fraction of sp³-hybridized carbons (Fsp3) is 0.0909. The minimum absolute atomic E-state index is 0. The number of Topliss-reactive ketones (excluding diaryl/α,β-unsaturated/α-hetero) is 1. The van der Waals surface area contributed by atoms with Crippen LogP contribution in [0.1, 0.15) is 39.3 Å². The van der Waals surface area contributed by atoms with Crippen LogP contribution in [-0.2, 0) is 11.3 Å². The van der Waals surface area contributed by atoms with Crippen LogP contribution in [0.3, 0.4) is 0 Å². The lowest BCUT2D eigenvalue weighted by molar-refractivity contribution is 0.0992. The third kappa shape index (κ3) is 5.59. The normalized spacial score (nSPS) is 9.93. The van der Waals surface area contributed by atoms with Crippen molar-refractivity contribution < 1.29 is 14.4 Å². The van der Waals surface area contributed by atoms with Gasteiger partial charge in [-0.25, -0.2) is 4.98 Å². The predicted molar refractivity (Wildman–Crippen MR) is 120 cm³/mol. The van der Waals surface area contributed by atoms with Crippen molar-refractivity contribution in [2.45, 2.75) is 13.8 Å². The molecule has 154 valence electrons. The van der Waals surface area contributed by atoms with Crippen LogP contribution >= 0.6 is 15.9 Å². The fourth-order valence-electron chi connectivity index (χ4n) is 2.68. The van der Waals surface area contributed by atoms with Gasteiger partial charge in [0.25, 0.3) is 5.91 Å². The second-order valence-electron chi connectivity index (χ2n) is 6.10. The number of aromatic nitrogens is 1. The topological polar surface area (TPSA) is 118 Å². The number of amides is 1. The van der Waals surface area contributed by atoms with E-state index < -0.39 is 0 Å². The first-order valence-corrected chi connectivity index (χ1v) is 9.37. The Morgan fingerprint density at radius 2 is 1.70 bits per heavy atom. The maximum Gasteiger partial charge on any atom is 0.257 e. The van der Waals surface area contributed by atoms with Crippen molar-refractivity contribution in [3.05, 3.63) is 93.6 Å². The zero-order chi connectivity index (χ0) is 20.8. The van der Waals surface area contributed by atoms with Crippen LogP contribution in [0.4, 0.5) is 5.82 Å². The van der Waals surface area contributed by atoms with Gasteiger partial charge in [0, 0.05) is 33.8 Å². The van der Waals surface area contributed by atoms with Gasteiger partial charge in [-0.3, -0.25) is 15.0 Å². The number of halogens is 1. The Balaban J connectivity index is 0.00000320. The minimum atomic E-state index is -0.341. The van der Waals surface area contributed by atoms with Crippen LogP contribution in [0.2, 0.25) is 0 Å². The lowest BCUT2D eigenvalue weighted by Crippen LogP contribution is -2.16. The smallest absolute Gasteiger partial charge is 0.257 e. The van der Waals surface area contributed by atoms with Gasteiger partial charge in [-0.1, -0.05) is 37.8 Å². The second kappa shape index (κ2) is 10.4. The molecule has 0 unspecified atom stereocenters. The van der Waals surface area contributed by atoms with Crippen molar-refractivity contribution in [2.75, 3.05) is 5.32 Å². The molecule has 30 heavy (non-hydrogen) atoms. The fourth-order valence-corrected chi connectivity index (χ4v) is 2.91. The number of nitrogens with one attached hydrogen (secondary N) is 2. The molecule has 0 aliphatic rings. The number of carbonyl (C=O) groups is 2. The number of nitrogens with zero attached hydrogens (tertiary/aromatic N) is 1. The van der Waals surface area contributed by atoms with E-state index in [1.54, 1.807) is 66.9 Å². The summed E-state index contributed by atoms with van der Waals surface area (Å²) < 4.78 is 0.806. The molecule has 4 N–H and O–H groups in total. The van der Waals surface area contributed by atoms with Crippen molar-refractivity contribution >= 4 is 39.3 Å². The third-order valence-corrected chi connectivity index (χ3v) is 4.64. The van der Waals surface area contributed by atoms with Crippen LogP contribution in [0.15, 0.2) is 71.3 Å². The summed E-state index contributed by atoms with van der Waals surface area (Å²) >= 11 is 3.30. The zero-order valence-corrected chi connectivity index (χ0v) is 16.8. The van der Waals surface area contributed by atoms with E-state index in [0.29, 0.717) is 28.1 Å². The number of anilines is 1. The van der Waals surface area contributed by atoms with Crippen molar-refractivity contribution in [1.82, 2.24) is 4.98 Å². The van der Waals surface area contributed by atoms with Crippen molar-refractivity contribution in [2.24, 2.45) is 5.90 Å². The molecule has 3 rings (SSSR count). The summed E-state index contributed by atoms with van der Waals surface area (Å²) in [6.45, 7) is 0. The first-order valence-electron chi connectivity index (χ1n) is 8.57. The van der Waals surface area contributed by atoms with Crippen molar-refractivity contribution in [3.63, 3.8) is 0 Å². The van der Waals surface area contributed by atoms with Gasteiger partial charge in [-0.15, -0.1) is 0 Å². The molecule has 0 aliphatic heterocycles. The average molecular weight is 469 g/mol. The van der Waals surface area contributed by atoms with Gasteiger partial charge in [0.15, 0.2) is 5.78 Å². The predicted octanol–water partition coefficient (Wildman–Crippen LogP) is 4.37. The summed E-state index contributed by atoms with van der Waals surface area (Å²) in [5, 5.41) is 10.3. The molecule has 0 aliphatic carbocycles. The molecule has 0 saturated carbocycles. The molecule has 0 spiro atoms. The Morgan fingerprint density at radius 1 is 1.03 bits per heavy atom. The monoisotopic (exact) mass is 468 g/mol. The van der Waals surface area contributed by atoms with E-state index in [-0.39, 0.29) is 31.4 Å². The van der Waals surface area contributed by atoms with E-state index in [2.05, 4.69) is 31.1 Å². The van der Waals surface area contributed by atoms with Crippen LogP contribution in [0.25, 0.3) is 0 Å². The summed E-state index contributed by atoms with van der Waals surface area (Å²) in [6, 6.07) is 16.7. The number of nitrogens with two attached hydrogens (primary N) is 1. The molecular weight excluding hydrogens is 448 g/mol. The lowest BCUT2D eigenvalue weighted by Gasteiger charge is -2.10. The summed E-state index contributed by atoms with van der Waals surface area (Å²) in [5.74, 6) is 4.71. The first-order chi connectivity index (χ1) is 14.0. The molecular formula is C22H21BrN4O3. The number of hydrogen-bond acceptors (Lipinski definition) is 6. The number of ketones is 1. The Bertz CT molecular complexity index is 1050. The number of carbonyl (C=O) groups excluding carboxylic acids is 2. The number of hydrogen-bond donors (Lipinski definition) is 3. The third-order valence-electron chi connectivity index (χ3n) is 4.17. The van der Waals surface area contributed by atoms with Gasteiger partial charge in [0.2, 0.25) is 5.90 Å². The highest BCUT2D eigenvalue weighted by molar-refractivity contribution is 9.10. The molecule has 3 aromatic rings. The Morgan fingerprint density at radius 3 is 2.33 bits per heavy atom. The molecule has 0 atom stereocenters. The lowest BCUT2D eigenvalue weighted by atomic mass is 9.97. The molecule has 8 heteroatoms. The van der Waals surface area contributed by atoms with E-state index >= 15 is 0 Å². The summed E-state index contributed by atoms with van der Waals surface area (Å²) in [5.41, 5.74) is 1.93. The Kier molecular flexibility index (Phi) is 7.97. The highest BCUT2D eigenvalue weighted by Gasteiger charge is 2.16. The molecule has 1 amide bonds. The van der Waals surface area contributed by atoms with E-state index in [9.17, 15) is 9.59 Å². The Hall–Kier alpha value is -3.36. The number of pyridine rings is 1. The molecule has 0 fully saturated rings. The number of rotatable bonds is 6. The first kappa shape index (κ1) is 22.9. The van der Waals surface area contributed by atoms with Crippen LogP contribution < -0.4 is 11.2 Å². The minimum Gasteiger partial charge on any atom is -0.391 e. The molecule has 7 nitrogen and oxygen atoms in total.